The van der Waals surface area contributed by atoms with Gasteiger partial charge in [-0.1, -0.05) is 11.3 Å². The highest BCUT2D eigenvalue weighted by Crippen LogP contribution is 2.36. The first-order valence-corrected chi connectivity index (χ1v) is 7.93. The van der Waals surface area contributed by atoms with Gasteiger partial charge in [0.15, 0.2) is 5.00 Å². The largest absolute Gasteiger partial charge is 0.374 e. The third-order valence-corrected chi connectivity index (χ3v) is 5.62. The highest BCUT2D eigenvalue weighted by molar-refractivity contribution is 7.91. The molecule has 2 aromatic heterocycles. The zero-order chi connectivity index (χ0) is 15.6. The molecule has 0 unspecified atom stereocenters. The Bertz CT molecular complexity index is 765. The van der Waals surface area contributed by atoms with Crippen LogP contribution in [0.25, 0.3) is 0 Å². The second kappa shape index (κ2) is 5.75. The maximum Gasteiger partial charge on any atom is 0.304 e. The molecule has 0 bridgehead atoms. The molecular weight excluding hydrogens is 320 g/mol. The third kappa shape index (κ3) is 3.17. The first kappa shape index (κ1) is 15.3. The predicted molar refractivity (Wildman–Crippen MR) is 75.5 cm³/mol. The van der Waals surface area contributed by atoms with Crippen molar-refractivity contribution >= 4 is 32.0 Å². The van der Waals surface area contributed by atoms with Gasteiger partial charge in [-0.15, -0.1) is 10.2 Å². The van der Waals surface area contributed by atoms with Crippen molar-refractivity contribution in [2.45, 2.75) is 10.8 Å². The predicted octanol–water partition coefficient (Wildman–Crippen LogP) is 0.305. The van der Waals surface area contributed by atoms with E-state index in [1.54, 1.807) is 11.6 Å². The van der Waals surface area contributed by atoms with Gasteiger partial charge in [0.05, 0.1) is 11.5 Å². The lowest BCUT2D eigenvalue weighted by Crippen LogP contribution is -2.24. The molecule has 2 N–H and O–H groups in total. The fourth-order valence-electron chi connectivity index (χ4n) is 1.50. The van der Waals surface area contributed by atoms with Crippen LogP contribution in [0, 0.1) is 10.1 Å². The number of hydrogen-bond donors (Lipinski definition) is 2. The average molecular weight is 332 g/mol. The summed E-state index contributed by atoms with van der Waals surface area (Å²) >= 11 is 0.790. The number of thiophene rings is 1. The van der Waals surface area contributed by atoms with Crippen molar-refractivity contribution in [3.05, 3.63) is 28.3 Å². The van der Waals surface area contributed by atoms with Crippen molar-refractivity contribution in [1.82, 2.24) is 19.5 Å². The fourth-order valence-corrected chi connectivity index (χ4v) is 3.81. The van der Waals surface area contributed by atoms with Crippen molar-refractivity contribution in [2.24, 2.45) is 7.05 Å². The smallest absolute Gasteiger partial charge is 0.304 e. The molecule has 0 saturated heterocycles. The number of rotatable bonds is 6. The van der Waals surface area contributed by atoms with E-state index < -0.39 is 14.9 Å². The molecule has 0 atom stereocenters. The summed E-state index contributed by atoms with van der Waals surface area (Å²) in [5.74, 6) is 0.429. The normalized spacial score (nSPS) is 11.5. The average Bonchev–Trinajstić information content (AvgIpc) is 3.02. The first-order valence-electron chi connectivity index (χ1n) is 5.63. The number of anilines is 1. The SMILES string of the molecule is CNc1sc(S(=O)(=O)NCc2nncn2C)cc1[N+](=O)[O-]. The molecule has 2 heterocycles. The second-order valence-electron chi connectivity index (χ2n) is 3.97. The van der Waals surface area contributed by atoms with Gasteiger partial charge in [0.1, 0.15) is 16.4 Å². The Balaban J connectivity index is 2.23. The lowest BCUT2D eigenvalue weighted by Gasteiger charge is -2.03. The van der Waals surface area contributed by atoms with Crippen LogP contribution in [0.4, 0.5) is 10.7 Å². The minimum atomic E-state index is -3.86. The zero-order valence-electron chi connectivity index (χ0n) is 11.1. The van der Waals surface area contributed by atoms with Gasteiger partial charge in [0.2, 0.25) is 0 Å². The van der Waals surface area contributed by atoms with E-state index >= 15 is 0 Å². The van der Waals surface area contributed by atoms with Crippen LogP contribution in [0.1, 0.15) is 5.82 Å². The zero-order valence-corrected chi connectivity index (χ0v) is 12.7. The molecule has 2 rings (SSSR count). The van der Waals surface area contributed by atoms with Crippen LogP contribution in [0.3, 0.4) is 0 Å². The van der Waals surface area contributed by atoms with Crippen LogP contribution >= 0.6 is 11.3 Å². The second-order valence-corrected chi connectivity index (χ2v) is 7.02. The minimum absolute atomic E-state index is 0.0561. The minimum Gasteiger partial charge on any atom is -0.374 e. The van der Waals surface area contributed by atoms with Crippen LogP contribution in [-0.2, 0) is 23.6 Å². The molecule has 12 heteroatoms. The molecule has 0 saturated carbocycles. The molecule has 0 aliphatic rings. The number of hydrogen-bond acceptors (Lipinski definition) is 8. The van der Waals surface area contributed by atoms with E-state index in [1.807, 2.05) is 0 Å². The van der Waals surface area contributed by atoms with E-state index in [1.165, 1.54) is 13.4 Å². The topological polar surface area (TPSA) is 132 Å². The van der Waals surface area contributed by atoms with Crippen LogP contribution in [0.5, 0.6) is 0 Å². The van der Waals surface area contributed by atoms with Gasteiger partial charge in [-0.25, -0.2) is 13.1 Å². The van der Waals surface area contributed by atoms with Crippen LogP contribution in [0.2, 0.25) is 0 Å². The Hall–Kier alpha value is -2.05. The van der Waals surface area contributed by atoms with E-state index in [-0.39, 0.29) is 21.4 Å². The number of sulfonamides is 1. The van der Waals surface area contributed by atoms with Gasteiger partial charge < -0.3 is 9.88 Å². The van der Waals surface area contributed by atoms with Gasteiger partial charge >= 0.3 is 5.69 Å². The summed E-state index contributed by atoms with van der Waals surface area (Å²) in [4.78, 5) is 10.2. The van der Waals surface area contributed by atoms with Gasteiger partial charge in [0, 0.05) is 20.2 Å². The van der Waals surface area contributed by atoms with Crippen LogP contribution in [-0.4, -0.2) is 35.2 Å². The lowest BCUT2D eigenvalue weighted by atomic mass is 10.5. The van der Waals surface area contributed by atoms with Crippen LogP contribution in [0.15, 0.2) is 16.6 Å². The first-order chi connectivity index (χ1) is 9.85. The van der Waals surface area contributed by atoms with E-state index in [2.05, 4.69) is 20.2 Å². The molecule has 0 aromatic carbocycles. The number of nitrogens with zero attached hydrogens (tertiary/aromatic N) is 4. The van der Waals surface area contributed by atoms with E-state index in [9.17, 15) is 18.5 Å². The number of nitro groups is 1. The lowest BCUT2D eigenvalue weighted by molar-refractivity contribution is -0.383. The van der Waals surface area contributed by atoms with Gasteiger partial charge in [-0.05, 0) is 0 Å². The van der Waals surface area contributed by atoms with Gasteiger partial charge in [-0.2, -0.15) is 0 Å². The van der Waals surface area contributed by atoms with Gasteiger partial charge in [0.25, 0.3) is 10.0 Å². The van der Waals surface area contributed by atoms with Gasteiger partial charge in [-0.3, -0.25) is 10.1 Å². The van der Waals surface area contributed by atoms with E-state index in [0.29, 0.717) is 5.82 Å². The quantitative estimate of drug-likeness (QED) is 0.574. The molecule has 2 aromatic rings. The molecule has 0 fully saturated rings. The number of nitrogens with one attached hydrogen (secondary N) is 2. The number of aryl methyl sites for hydroxylation is 1. The summed E-state index contributed by atoms with van der Waals surface area (Å²) in [5.41, 5.74) is -0.276. The van der Waals surface area contributed by atoms with Crippen molar-refractivity contribution in [3.8, 4) is 0 Å². The van der Waals surface area contributed by atoms with Crippen molar-refractivity contribution in [1.29, 1.82) is 0 Å². The summed E-state index contributed by atoms with van der Waals surface area (Å²) in [6.45, 7) is -0.0561. The highest BCUT2D eigenvalue weighted by atomic mass is 32.2. The fraction of sp³-hybridized carbons (Fsp3) is 0.333. The monoisotopic (exact) mass is 332 g/mol. The maximum absolute atomic E-state index is 12.1. The maximum atomic E-state index is 12.1. The third-order valence-electron chi connectivity index (χ3n) is 2.60. The number of aromatic nitrogens is 3. The Morgan fingerprint density at radius 2 is 2.24 bits per heavy atom. The molecule has 114 valence electrons. The van der Waals surface area contributed by atoms with Crippen LogP contribution < -0.4 is 10.0 Å². The summed E-state index contributed by atoms with van der Waals surface area (Å²) in [7, 11) is -0.688. The molecule has 0 aliphatic carbocycles. The Labute approximate surface area is 124 Å². The molecule has 0 aliphatic heterocycles. The summed E-state index contributed by atoms with van der Waals surface area (Å²) < 4.78 is 28.0. The Kier molecular flexibility index (Phi) is 4.20. The summed E-state index contributed by atoms with van der Waals surface area (Å²) in [5, 5.41) is 21.0. The molecule has 10 nitrogen and oxygen atoms in total. The van der Waals surface area contributed by atoms with Crippen molar-refractivity contribution in [3.63, 3.8) is 0 Å². The van der Waals surface area contributed by atoms with E-state index in [4.69, 9.17) is 0 Å². The molecule has 21 heavy (non-hydrogen) atoms. The van der Waals surface area contributed by atoms with Crippen molar-refractivity contribution in [2.75, 3.05) is 12.4 Å². The molecule has 0 spiro atoms. The van der Waals surface area contributed by atoms with E-state index in [0.717, 1.165) is 17.4 Å². The van der Waals surface area contributed by atoms with Crippen molar-refractivity contribution < 1.29 is 13.3 Å². The summed E-state index contributed by atoms with van der Waals surface area (Å²) in [6, 6.07) is 1.02. The summed E-state index contributed by atoms with van der Waals surface area (Å²) in [6.07, 6.45) is 1.44. The molecule has 0 amide bonds. The molecule has 0 radical (unpaired) electrons. The molecular formula is C9H12N6O4S2. The highest BCUT2D eigenvalue weighted by Gasteiger charge is 2.25. The Morgan fingerprint density at radius 3 is 2.71 bits per heavy atom. The Morgan fingerprint density at radius 1 is 1.52 bits per heavy atom. The standard InChI is InChI=1S/C9H12N6O4S2/c1-10-9-6(15(16)17)3-8(20-9)21(18,19)12-4-7-13-11-5-14(7)2/h3,5,10,12H,4H2,1-2H3.